The Bertz CT molecular complexity index is 635. The minimum absolute atomic E-state index is 0.158. The van der Waals surface area contributed by atoms with Crippen molar-refractivity contribution in [2.45, 2.75) is 32.3 Å². The summed E-state index contributed by atoms with van der Waals surface area (Å²) in [5.41, 5.74) is -0.322. The highest BCUT2D eigenvalue weighted by Crippen LogP contribution is 2.38. The van der Waals surface area contributed by atoms with Gasteiger partial charge in [0.25, 0.3) is 5.91 Å². The summed E-state index contributed by atoms with van der Waals surface area (Å²) in [5.74, 6) is 1.09. The lowest BCUT2D eigenvalue weighted by Gasteiger charge is -2.45. The first kappa shape index (κ1) is 20.3. The minimum atomic E-state index is -0.688. The van der Waals surface area contributed by atoms with Crippen molar-refractivity contribution >= 4 is 5.91 Å². The van der Waals surface area contributed by atoms with Crippen LogP contribution in [0.1, 0.15) is 36.5 Å². The molecule has 0 aliphatic carbocycles. The minimum Gasteiger partial charge on any atom is -0.496 e. The molecule has 1 aromatic rings. The van der Waals surface area contributed by atoms with E-state index in [-0.39, 0.29) is 12.5 Å². The summed E-state index contributed by atoms with van der Waals surface area (Å²) in [7, 11) is 4.52. The molecular formula is C19H29NO6. The fraction of sp³-hybridized carbons (Fsp3) is 0.632. The molecule has 1 aliphatic heterocycles. The number of benzene rings is 1. The number of hydrogen-bond acceptors (Lipinski definition) is 6. The molecule has 146 valence electrons. The van der Waals surface area contributed by atoms with Crippen molar-refractivity contribution in [2.24, 2.45) is 5.41 Å². The van der Waals surface area contributed by atoms with E-state index in [1.54, 1.807) is 17.0 Å². The third-order valence-corrected chi connectivity index (χ3v) is 5.17. The monoisotopic (exact) mass is 367 g/mol. The van der Waals surface area contributed by atoms with Crippen LogP contribution < -0.4 is 14.2 Å². The molecule has 1 amide bonds. The van der Waals surface area contributed by atoms with Crippen LogP contribution in [0.5, 0.6) is 17.2 Å². The van der Waals surface area contributed by atoms with Crippen LogP contribution in [-0.4, -0.2) is 68.1 Å². The van der Waals surface area contributed by atoms with E-state index in [9.17, 15) is 15.0 Å². The normalized spacial score (nSPS) is 22.8. The number of methoxy groups -OCH3 is 3. The molecule has 26 heavy (non-hydrogen) atoms. The quantitative estimate of drug-likeness (QED) is 0.763. The van der Waals surface area contributed by atoms with Gasteiger partial charge < -0.3 is 29.3 Å². The van der Waals surface area contributed by atoms with Crippen molar-refractivity contribution in [1.29, 1.82) is 0 Å². The van der Waals surface area contributed by atoms with Gasteiger partial charge >= 0.3 is 0 Å². The molecule has 7 heteroatoms. The van der Waals surface area contributed by atoms with Crippen LogP contribution in [0.3, 0.4) is 0 Å². The molecule has 0 unspecified atom stereocenters. The highest BCUT2D eigenvalue weighted by Gasteiger charge is 2.43. The van der Waals surface area contributed by atoms with Gasteiger partial charge in [-0.15, -0.1) is 0 Å². The predicted molar refractivity (Wildman–Crippen MR) is 97.1 cm³/mol. The van der Waals surface area contributed by atoms with Gasteiger partial charge in [-0.25, -0.2) is 0 Å². The van der Waals surface area contributed by atoms with Gasteiger partial charge in [0.2, 0.25) is 0 Å². The Morgan fingerprint density at radius 3 is 2.35 bits per heavy atom. The van der Waals surface area contributed by atoms with Gasteiger partial charge in [0, 0.05) is 30.6 Å². The first-order chi connectivity index (χ1) is 12.5. The third kappa shape index (κ3) is 3.73. The molecule has 0 saturated carbocycles. The van der Waals surface area contributed by atoms with Gasteiger partial charge in [-0.1, -0.05) is 13.3 Å². The lowest BCUT2D eigenvalue weighted by Crippen LogP contribution is -2.55. The number of carbonyl (C=O) groups excluding carboxylic acids is 1. The maximum absolute atomic E-state index is 13.1. The number of hydrogen-bond donors (Lipinski definition) is 2. The molecule has 2 rings (SSSR count). The topological polar surface area (TPSA) is 88.5 Å². The van der Waals surface area contributed by atoms with Crippen molar-refractivity contribution in [3.63, 3.8) is 0 Å². The van der Waals surface area contributed by atoms with E-state index < -0.39 is 11.5 Å². The Kier molecular flexibility index (Phi) is 6.72. The lowest BCUT2D eigenvalue weighted by molar-refractivity contribution is -0.0720. The lowest BCUT2D eigenvalue weighted by atomic mass is 9.74. The summed E-state index contributed by atoms with van der Waals surface area (Å²) in [4.78, 5) is 14.8. The Morgan fingerprint density at radius 2 is 1.81 bits per heavy atom. The Hall–Kier alpha value is -1.99. The molecule has 0 aromatic heterocycles. The molecule has 7 nitrogen and oxygen atoms in total. The average molecular weight is 367 g/mol. The number of amides is 1. The molecule has 1 heterocycles. The number of likely N-dealkylation sites (tertiary alicyclic amines) is 1. The van der Waals surface area contributed by atoms with Crippen LogP contribution in [0.4, 0.5) is 0 Å². The number of nitrogens with zero attached hydrogens (tertiary/aromatic N) is 1. The number of aliphatic hydroxyl groups is 2. The summed E-state index contributed by atoms with van der Waals surface area (Å²) in [5, 5.41) is 20.3. The van der Waals surface area contributed by atoms with E-state index in [0.29, 0.717) is 48.7 Å². The second kappa shape index (κ2) is 8.60. The molecule has 1 fully saturated rings. The molecule has 0 bridgehead atoms. The van der Waals surface area contributed by atoms with Crippen LogP contribution >= 0.6 is 0 Å². The fourth-order valence-corrected chi connectivity index (χ4v) is 3.67. The largest absolute Gasteiger partial charge is 0.496 e. The van der Waals surface area contributed by atoms with Gasteiger partial charge in [-0.3, -0.25) is 4.79 Å². The number of piperidine rings is 1. The highest BCUT2D eigenvalue weighted by molar-refractivity contribution is 5.98. The molecule has 0 spiro atoms. The number of ether oxygens (including phenoxy) is 3. The maximum atomic E-state index is 13.1. The second-order valence-electron chi connectivity index (χ2n) is 6.71. The Labute approximate surface area is 154 Å². The summed E-state index contributed by atoms with van der Waals surface area (Å²) in [6, 6.07) is 3.22. The van der Waals surface area contributed by atoms with Crippen LogP contribution in [0.15, 0.2) is 12.1 Å². The predicted octanol–water partition coefficient (Wildman–Crippen LogP) is 1.70. The average Bonchev–Trinajstić information content (AvgIpc) is 2.68. The van der Waals surface area contributed by atoms with Gasteiger partial charge in [0.15, 0.2) is 11.5 Å². The first-order valence-corrected chi connectivity index (χ1v) is 8.84. The van der Waals surface area contributed by atoms with Gasteiger partial charge in [0.1, 0.15) is 5.75 Å². The highest BCUT2D eigenvalue weighted by atomic mass is 16.5. The maximum Gasteiger partial charge on any atom is 0.257 e. The van der Waals surface area contributed by atoms with Crippen LogP contribution in [-0.2, 0) is 0 Å². The molecule has 1 aliphatic rings. The zero-order valence-electron chi connectivity index (χ0n) is 15.9. The summed E-state index contributed by atoms with van der Waals surface area (Å²) in [6.07, 6.45) is 1.28. The van der Waals surface area contributed by atoms with E-state index in [4.69, 9.17) is 14.2 Å². The second-order valence-corrected chi connectivity index (χ2v) is 6.71. The van der Waals surface area contributed by atoms with E-state index in [2.05, 4.69) is 0 Å². The zero-order valence-corrected chi connectivity index (χ0v) is 15.9. The van der Waals surface area contributed by atoms with Crippen molar-refractivity contribution in [1.82, 2.24) is 4.90 Å². The van der Waals surface area contributed by atoms with Gasteiger partial charge in [-0.2, -0.15) is 0 Å². The van der Waals surface area contributed by atoms with Crippen molar-refractivity contribution in [3.8, 4) is 17.2 Å². The fourth-order valence-electron chi connectivity index (χ4n) is 3.67. The summed E-state index contributed by atoms with van der Waals surface area (Å²) >= 11 is 0. The molecular weight excluding hydrogens is 338 g/mol. The third-order valence-electron chi connectivity index (χ3n) is 5.17. The van der Waals surface area contributed by atoms with Crippen LogP contribution in [0.25, 0.3) is 0 Å². The zero-order chi connectivity index (χ0) is 19.3. The van der Waals surface area contributed by atoms with E-state index in [1.165, 1.54) is 21.3 Å². The van der Waals surface area contributed by atoms with E-state index in [0.717, 1.165) is 6.42 Å². The van der Waals surface area contributed by atoms with Crippen LogP contribution in [0, 0.1) is 5.41 Å². The Morgan fingerprint density at radius 1 is 1.19 bits per heavy atom. The number of carbonyl (C=O) groups is 1. The van der Waals surface area contributed by atoms with Crippen LogP contribution in [0.2, 0.25) is 0 Å². The number of aliphatic hydroxyl groups excluding tert-OH is 2. The standard InChI is InChI=1S/C19H29NO6/c1-5-7-19(12-21)11-20(8-6-17(19)22)18(23)13-9-15(25-3)16(26-4)10-14(13)24-2/h9-10,17,21-22H,5-8,11-12H2,1-4H3/t17-,19+/m1/s1. The van der Waals surface area contributed by atoms with Gasteiger partial charge in [-0.05, 0) is 12.8 Å². The van der Waals surface area contributed by atoms with E-state index in [1.807, 2.05) is 6.92 Å². The molecule has 1 aromatic carbocycles. The summed E-state index contributed by atoms with van der Waals surface area (Å²) in [6.45, 7) is 2.56. The SMILES string of the molecule is CCC[C@@]1(CO)CN(C(=O)c2cc(OC)c(OC)cc2OC)CC[C@H]1O. The van der Waals surface area contributed by atoms with Crippen molar-refractivity contribution < 1.29 is 29.2 Å². The molecule has 0 radical (unpaired) electrons. The molecule has 2 N–H and O–H groups in total. The summed E-state index contributed by atoms with van der Waals surface area (Å²) < 4.78 is 15.9. The first-order valence-electron chi connectivity index (χ1n) is 8.84. The Balaban J connectivity index is 2.36. The smallest absolute Gasteiger partial charge is 0.257 e. The molecule has 2 atom stereocenters. The van der Waals surface area contributed by atoms with Crippen molar-refractivity contribution in [2.75, 3.05) is 41.0 Å². The number of rotatable bonds is 7. The van der Waals surface area contributed by atoms with E-state index >= 15 is 0 Å². The van der Waals surface area contributed by atoms with Crippen molar-refractivity contribution in [3.05, 3.63) is 17.7 Å². The molecule has 1 saturated heterocycles. The van der Waals surface area contributed by atoms with Gasteiger partial charge in [0.05, 0.1) is 39.6 Å².